The second kappa shape index (κ2) is 9.92. The number of nitrogens with one attached hydrogen (secondary N) is 1. The number of ether oxygens (including phenoxy) is 1. The minimum Gasteiger partial charge on any atom is -0.462 e. The van der Waals surface area contributed by atoms with Crippen LogP contribution in [0.15, 0.2) is 35.8 Å². The third-order valence-corrected chi connectivity index (χ3v) is 5.98. The summed E-state index contributed by atoms with van der Waals surface area (Å²) in [6.45, 7) is 4.63. The highest BCUT2D eigenvalue weighted by Gasteiger charge is 2.23. The smallest absolute Gasteiger partial charge is 0.341 e. The minimum absolute atomic E-state index is 0.156. The molecule has 6 nitrogen and oxygen atoms in total. The molecule has 3 aromatic rings. The zero-order valence-corrected chi connectivity index (χ0v) is 18.5. The monoisotopic (exact) mass is 447 g/mol. The van der Waals surface area contributed by atoms with Crippen LogP contribution in [0.4, 0.5) is 9.39 Å². The summed E-state index contributed by atoms with van der Waals surface area (Å²) in [5.74, 6) is -1.13. The molecule has 1 amide bonds. The molecule has 1 N–H and O–H groups in total. The molecule has 0 bridgehead atoms. The number of hydrogen-bond acceptors (Lipinski definition) is 7. The molecule has 158 valence electrons. The van der Waals surface area contributed by atoms with Gasteiger partial charge in [0.15, 0.2) is 0 Å². The van der Waals surface area contributed by atoms with Gasteiger partial charge in [0.1, 0.15) is 16.4 Å². The molecule has 0 fully saturated rings. The fourth-order valence-corrected chi connectivity index (χ4v) is 4.76. The van der Waals surface area contributed by atoms with Crippen LogP contribution in [0.25, 0.3) is 11.1 Å². The van der Waals surface area contributed by atoms with Crippen LogP contribution in [0.3, 0.4) is 0 Å². The van der Waals surface area contributed by atoms with Crippen molar-refractivity contribution in [1.29, 1.82) is 0 Å². The van der Waals surface area contributed by atoms with Crippen LogP contribution < -0.4 is 5.32 Å². The Morgan fingerprint density at radius 1 is 1.27 bits per heavy atom. The van der Waals surface area contributed by atoms with Gasteiger partial charge >= 0.3 is 5.97 Å². The summed E-state index contributed by atoms with van der Waals surface area (Å²) in [6, 6.07) is 5.85. The van der Waals surface area contributed by atoms with Gasteiger partial charge in [-0.25, -0.2) is 14.2 Å². The number of rotatable bonds is 8. The number of halogens is 1. The van der Waals surface area contributed by atoms with Crippen LogP contribution in [0.5, 0.6) is 0 Å². The third-order valence-electron chi connectivity index (χ3n) is 4.19. The molecule has 0 spiro atoms. The van der Waals surface area contributed by atoms with Crippen molar-refractivity contribution in [3.05, 3.63) is 57.1 Å². The van der Waals surface area contributed by atoms with Gasteiger partial charge < -0.3 is 10.1 Å². The molecular weight excluding hydrogens is 425 g/mol. The summed E-state index contributed by atoms with van der Waals surface area (Å²) < 4.78 is 18.5. The quantitative estimate of drug-likeness (QED) is 0.513. The molecule has 2 aromatic heterocycles. The average Bonchev–Trinajstić information content (AvgIpc) is 3.28. The minimum atomic E-state index is -0.526. The maximum absolute atomic E-state index is 13.3. The Labute approximate surface area is 182 Å². The Bertz CT molecular complexity index is 1030. The molecule has 1 aromatic carbocycles. The number of anilines is 1. The maximum Gasteiger partial charge on any atom is 0.341 e. The van der Waals surface area contributed by atoms with Crippen LogP contribution in [-0.4, -0.2) is 42.0 Å². The molecule has 3 rings (SSSR count). The molecule has 0 radical (unpaired) electrons. The standard InChI is InChI=1S/C21H22FN3O3S2/c1-4-28-21(27)19-17(14-5-7-15(22)8-6-14)12-29-20(19)24-18(26)11-25(3)10-16-9-23-13(2)30-16/h5-9,12H,4,10-11H2,1-3H3,(H,24,26). The van der Waals surface area contributed by atoms with Crippen molar-refractivity contribution in [1.82, 2.24) is 9.88 Å². The van der Waals surface area contributed by atoms with Crippen LogP contribution in [0, 0.1) is 12.7 Å². The number of nitrogens with zero attached hydrogens (tertiary/aromatic N) is 2. The number of hydrogen-bond donors (Lipinski definition) is 1. The summed E-state index contributed by atoms with van der Waals surface area (Å²) in [7, 11) is 1.85. The van der Waals surface area contributed by atoms with Gasteiger partial charge in [0.2, 0.25) is 5.91 Å². The average molecular weight is 448 g/mol. The van der Waals surface area contributed by atoms with Crippen molar-refractivity contribution in [2.24, 2.45) is 0 Å². The fraction of sp³-hybridized carbons (Fsp3) is 0.286. The zero-order chi connectivity index (χ0) is 21.7. The van der Waals surface area contributed by atoms with E-state index in [1.165, 1.54) is 23.5 Å². The molecule has 30 heavy (non-hydrogen) atoms. The molecule has 0 saturated heterocycles. The largest absolute Gasteiger partial charge is 0.462 e. The number of thiazole rings is 1. The number of benzene rings is 1. The molecule has 9 heteroatoms. The van der Waals surface area contributed by atoms with E-state index in [1.54, 1.807) is 35.8 Å². The summed E-state index contributed by atoms with van der Waals surface area (Å²) in [5.41, 5.74) is 1.55. The van der Waals surface area contributed by atoms with E-state index >= 15 is 0 Å². The van der Waals surface area contributed by atoms with E-state index in [-0.39, 0.29) is 30.4 Å². The van der Waals surface area contributed by atoms with Gasteiger partial charge in [-0.05, 0) is 38.6 Å². The van der Waals surface area contributed by atoms with E-state index in [0.717, 1.165) is 9.88 Å². The summed E-state index contributed by atoms with van der Waals surface area (Å²) >= 11 is 2.83. The van der Waals surface area contributed by atoms with Gasteiger partial charge in [0.25, 0.3) is 0 Å². The molecule has 0 unspecified atom stereocenters. The molecular formula is C21H22FN3O3S2. The van der Waals surface area contributed by atoms with Crippen LogP contribution in [0.2, 0.25) is 0 Å². The highest BCUT2D eigenvalue weighted by atomic mass is 32.1. The molecule has 0 aliphatic rings. The van der Waals surface area contributed by atoms with Crippen molar-refractivity contribution in [2.45, 2.75) is 20.4 Å². The normalized spacial score (nSPS) is 11.0. The molecule has 0 atom stereocenters. The van der Waals surface area contributed by atoms with Crippen molar-refractivity contribution in [3.63, 3.8) is 0 Å². The van der Waals surface area contributed by atoms with E-state index in [1.807, 2.05) is 25.1 Å². The second-order valence-corrected chi connectivity index (χ2v) is 8.85. The first-order chi connectivity index (χ1) is 14.4. The second-order valence-electron chi connectivity index (χ2n) is 6.65. The molecule has 2 heterocycles. The predicted molar refractivity (Wildman–Crippen MR) is 117 cm³/mol. The maximum atomic E-state index is 13.3. The van der Waals surface area contributed by atoms with Crippen LogP contribution >= 0.6 is 22.7 Å². The lowest BCUT2D eigenvalue weighted by Crippen LogP contribution is -2.29. The molecule has 0 aliphatic carbocycles. The SMILES string of the molecule is CCOC(=O)c1c(-c2ccc(F)cc2)csc1NC(=O)CN(C)Cc1cnc(C)s1. The topological polar surface area (TPSA) is 71.5 Å². The summed E-state index contributed by atoms with van der Waals surface area (Å²) in [6.07, 6.45) is 1.81. The Balaban J connectivity index is 1.76. The van der Waals surface area contributed by atoms with E-state index in [2.05, 4.69) is 10.3 Å². The number of aromatic nitrogens is 1. The summed E-state index contributed by atoms with van der Waals surface area (Å²) in [4.78, 5) is 32.3. The van der Waals surface area contributed by atoms with Crippen molar-refractivity contribution < 1.29 is 18.7 Å². The summed E-state index contributed by atoms with van der Waals surface area (Å²) in [5, 5.41) is 5.98. The fourth-order valence-electron chi connectivity index (χ4n) is 2.91. The molecule has 0 saturated carbocycles. The molecule has 0 aliphatic heterocycles. The highest BCUT2D eigenvalue weighted by molar-refractivity contribution is 7.15. The lowest BCUT2D eigenvalue weighted by molar-refractivity contribution is -0.117. The number of likely N-dealkylation sites (N-methyl/N-ethyl adjacent to an activating group) is 1. The van der Waals surface area contributed by atoms with E-state index < -0.39 is 5.97 Å². The van der Waals surface area contributed by atoms with Crippen molar-refractivity contribution >= 4 is 39.6 Å². The van der Waals surface area contributed by atoms with E-state index in [0.29, 0.717) is 22.7 Å². The van der Waals surface area contributed by atoms with Gasteiger partial charge in [-0.15, -0.1) is 22.7 Å². The van der Waals surface area contributed by atoms with Gasteiger partial charge in [-0.3, -0.25) is 9.69 Å². The van der Waals surface area contributed by atoms with Crippen LogP contribution in [0.1, 0.15) is 27.2 Å². The van der Waals surface area contributed by atoms with Crippen LogP contribution in [-0.2, 0) is 16.1 Å². The van der Waals surface area contributed by atoms with E-state index in [9.17, 15) is 14.0 Å². The first-order valence-corrected chi connectivity index (χ1v) is 11.0. The third kappa shape index (κ3) is 5.50. The lowest BCUT2D eigenvalue weighted by Gasteiger charge is -2.15. The zero-order valence-electron chi connectivity index (χ0n) is 16.9. The van der Waals surface area contributed by atoms with E-state index in [4.69, 9.17) is 4.74 Å². The van der Waals surface area contributed by atoms with Gasteiger partial charge in [0.05, 0.1) is 18.2 Å². The Kier molecular flexibility index (Phi) is 7.30. The van der Waals surface area contributed by atoms with Crippen molar-refractivity contribution in [2.75, 3.05) is 25.5 Å². The first kappa shape index (κ1) is 22.1. The van der Waals surface area contributed by atoms with Gasteiger partial charge in [-0.1, -0.05) is 12.1 Å². The number of carbonyl (C=O) groups excluding carboxylic acids is 2. The predicted octanol–water partition coefficient (Wildman–Crippen LogP) is 4.57. The first-order valence-electron chi connectivity index (χ1n) is 9.31. The van der Waals surface area contributed by atoms with Crippen molar-refractivity contribution in [3.8, 4) is 11.1 Å². The number of thiophene rings is 1. The number of carbonyl (C=O) groups is 2. The number of esters is 1. The Hall–Kier alpha value is -2.62. The number of amides is 1. The highest BCUT2D eigenvalue weighted by Crippen LogP contribution is 2.36. The lowest BCUT2D eigenvalue weighted by atomic mass is 10.0. The number of aryl methyl sites for hydroxylation is 1. The Morgan fingerprint density at radius 2 is 2.00 bits per heavy atom. The Morgan fingerprint density at radius 3 is 2.63 bits per heavy atom. The van der Waals surface area contributed by atoms with Gasteiger partial charge in [-0.2, -0.15) is 0 Å². The van der Waals surface area contributed by atoms with Gasteiger partial charge in [0, 0.05) is 28.6 Å².